The minimum Gasteiger partial charge on any atom is -0.207 e. The van der Waals surface area contributed by atoms with Crippen molar-refractivity contribution >= 4 is 11.8 Å². The van der Waals surface area contributed by atoms with Crippen LogP contribution in [0.2, 0.25) is 0 Å². The Kier molecular flexibility index (Phi) is 2.55. The second-order valence-corrected chi connectivity index (χ2v) is 3.34. The third kappa shape index (κ3) is 1.56. The molecule has 0 aromatic heterocycles. The van der Waals surface area contributed by atoms with Crippen LogP contribution in [0.1, 0.15) is 11.1 Å². The van der Waals surface area contributed by atoms with Gasteiger partial charge in [-0.15, -0.1) is 11.8 Å². The van der Waals surface area contributed by atoms with Crippen molar-refractivity contribution in [2.75, 3.05) is 6.26 Å². The molecule has 0 amide bonds. The summed E-state index contributed by atoms with van der Waals surface area (Å²) in [7, 11) is 0. The molecule has 0 N–H and O–H groups in total. The molecule has 0 aliphatic heterocycles. The fraction of sp³-hybridized carbons (Fsp3) is 0.333. The van der Waals surface area contributed by atoms with Crippen LogP contribution in [0.15, 0.2) is 17.0 Å². The van der Waals surface area contributed by atoms with Crippen molar-refractivity contribution in [3.63, 3.8) is 0 Å². The normalized spacial score (nSPS) is 10.2. The van der Waals surface area contributed by atoms with Gasteiger partial charge in [-0.3, -0.25) is 0 Å². The molecule has 1 rings (SSSR count). The van der Waals surface area contributed by atoms with Crippen LogP contribution in [0.3, 0.4) is 0 Å². The van der Waals surface area contributed by atoms with E-state index in [-0.39, 0.29) is 5.82 Å². The molecule has 0 unspecified atom stereocenters. The standard InChI is InChI=1S/C9H11FS/c1-6-4-5-8(10)7(2)9(6)11-3/h4-5H,1-3H3. The largest absolute Gasteiger partial charge is 0.207 e. The average molecular weight is 170 g/mol. The molecule has 0 atom stereocenters. The minimum atomic E-state index is -0.111. The number of aryl methyl sites for hydroxylation is 1. The Morgan fingerprint density at radius 2 is 1.91 bits per heavy atom. The van der Waals surface area contributed by atoms with E-state index in [4.69, 9.17) is 0 Å². The average Bonchev–Trinajstić information content (AvgIpc) is 1.99. The highest BCUT2D eigenvalue weighted by Gasteiger charge is 2.04. The lowest BCUT2D eigenvalue weighted by molar-refractivity contribution is 0.612. The van der Waals surface area contributed by atoms with E-state index in [0.29, 0.717) is 0 Å². The van der Waals surface area contributed by atoms with Crippen LogP contribution in [-0.2, 0) is 0 Å². The Balaban J connectivity index is 3.29. The van der Waals surface area contributed by atoms with Crippen LogP contribution in [0.4, 0.5) is 4.39 Å². The maximum Gasteiger partial charge on any atom is 0.127 e. The predicted molar refractivity (Wildman–Crippen MR) is 47.7 cm³/mol. The van der Waals surface area contributed by atoms with Crippen molar-refractivity contribution in [2.24, 2.45) is 0 Å². The Labute approximate surface area is 70.8 Å². The molecule has 0 fully saturated rings. The first kappa shape index (κ1) is 8.60. The summed E-state index contributed by atoms with van der Waals surface area (Å²) in [5.41, 5.74) is 1.91. The molecular formula is C9H11FS. The van der Waals surface area contributed by atoms with E-state index in [9.17, 15) is 4.39 Å². The number of benzene rings is 1. The molecule has 2 heteroatoms. The smallest absolute Gasteiger partial charge is 0.127 e. The first-order chi connectivity index (χ1) is 5.16. The van der Waals surface area contributed by atoms with Gasteiger partial charge in [0.1, 0.15) is 5.82 Å². The number of halogens is 1. The van der Waals surface area contributed by atoms with Gasteiger partial charge in [0.2, 0.25) is 0 Å². The predicted octanol–water partition coefficient (Wildman–Crippen LogP) is 3.16. The van der Waals surface area contributed by atoms with Gasteiger partial charge in [-0.1, -0.05) is 6.07 Å². The Morgan fingerprint density at radius 1 is 1.27 bits per heavy atom. The number of hydrogen-bond acceptors (Lipinski definition) is 1. The van der Waals surface area contributed by atoms with E-state index < -0.39 is 0 Å². The second-order valence-electron chi connectivity index (χ2n) is 2.52. The maximum absolute atomic E-state index is 12.9. The zero-order valence-corrected chi connectivity index (χ0v) is 7.76. The van der Waals surface area contributed by atoms with Crippen molar-refractivity contribution in [3.8, 4) is 0 Å². The Bertz CT molecular complexity index is 269. The molecule has 0 aliphatic rings. The van der Waals surface area contributed by atoms with E-state index in [1.54, 1.807) is 11.8 Å². The van der Waals surface area contributed by atoms with Crippen molar-refractivity contribution in [2.45, 2.75) is 18.7 Å². The highest BCUT2D eigenvalue weighted by Crippen LogP contribution is 2.25. The zero-order valence-electron chi connectivity index (χ0n) is 6.94. The van der Waals surface area contributed by atoms with Gasteiger partial charge in [0, 0.05) is 4.90 Å². The molecule has 11 heavy (non-hydrogen) atoms. The molecule has 0 aliphatic carbocycles. The maximum atomic E-state index is 12.9. The summed E-state index contributed by atoms with van der Waals surface area (Å²) < 4.78 is 12.9. The second kappa shape index (κ2) is 3.26. The molecule has 0 spiro atoms. The third-order valence-corrected chi connectivity index (χ3v) is 2.78. The topological polar surface area (TPSA) is 0 Å². The molecule has 0 heterocycles. The van der Waals surface area contributed by atoms with Crippen LogP contribution in [0.25, 0.3) is 0 Å². The van der Waals surface area contributed by atoms with Crippen molar-refractivity contribution in [1.82, 2.24) is 0 Å². The van der Waals surface area contributed by atoms with Crippen LogP contribution < -0.4 is 0 Å². The van der Waals surface area contributed by atoms with Crippen LogP contribution >= 0.6 is 11.8 Å². The third-order valence-electron chi connectivity index (χ3n) is 1.74. The summed E-state index contributed by atoms with van der Waals surface area (Å²) in [6.07, 6.45) is 1.97. The number of thioether (sulfide) groups is 1. The lowest BCUT2D eigenvalue weighted by Crippen LogP contribution is -1.88. The summed E-state index contributed by atoms with van der Waals surface area (Å²) >= 11 is 1.60. The fourth-order valence-electron chi connectivity index (χ4n) is 1.12. The van der Waals surface area contributed by atoms with E-state index in [2.05, 4.69) is 0 Å². The molecule has 0 radical (unpaired) electrons. The molecule has 0 saturated carbocycles. The highest BCUT2D eigenvalue weighted by atomic mass is 32.2. The van der Waals surface area contributed by atoms with Crippen LogP contribution in [0.5, 0.6) is 0 Å². The summed E-state index contributed by atoms with van der Waals surface area (Å²) in [5.74, 6) is -0.111. The summed E-state index contributed by atoms with van der Waals surface area (Å²) in [6, 6.07) is 3.33. The quantitative estimate of drug-likeness (QED) is 0.583. The van der Waals surface area contributed by atoms with E-state index in [1.807, 2.05) is 26.2 Å². The zero-order chi connectivity index (χ0) is 8.43. The van der Waals surface area contributed by atoms with Crippen molar-refractivity contribution in [1.29, 1.82) is 0 Å². The number of rotatable bonds is 1. The van der Waals surface area contributed by atoms with E-state index in [0.717, 1.165) is 16.0 Å². The first-order valence-electron chi connectivity index (χ1n) is 3.46. The lowest BCUT2D eigenvalue weighted by Gasteiger charge is -2.06. The molecular weight excluding hydrogens is 159 g/mol. The van der Waals surface area contributed by atoms with Crippen LogP contribution in [-0.4, -0.2) is 6.26 Å². The Morgan fingerprint density at radius 3 is 2.36 bits per heavy atom. The Hall–Kier alpha value is -0.500. The van der Waals surface area contributed by atoms with Gasteiger partial charge in [-0.25, -0.2) is 4.39 Å². The molecule has 0 bridgehead atoms. The van der Waals surface area contributed by atoms with Gasteiger partial charge in [0.15, 0.2) is 0 Å². The van der Waals surface area contributed by atoms with Gasteiger partial charge < -0.3 is 0 Å². The molecule has 1 aromatic carbocycles. The van der Waals surface area contributed by atoms with Gasteiger partial charge in [0.05, 0.1) is 0 Å². The van der Waals surface area contributed by atoms with Gasteiger partial charge >= 0.3 is 0 Å². The summed E-state index contributed by atoms with van der Waals surface area (Å²) in [5, 5.41) is 0. The fourth-order valence-corrected chi connectivity index (χ4v) is 1.91. The van der Waals surface area contributed by atoms with Crippen molar-refractivity contribution in [3.05, 3.63) is 29.1 Å². The lowest BCUT2D eigenvalue weighted by atomic mass is 10.1. The van der Waals surface area contributed by atoms with Crippen molar-refractivity contribution < 1.29 is 4.39 Å². The van der Waals surface area contributed by atoms with Crippen LogP contribution in [0, 0.1) is 19.7 Å². The molecule has 0 saturated heterocycles. The van der Waals surface area contributed by atoms with Gasteiger partial charge in [0.25, 0.3) is 0 Å². The molecule has 60 valence electrons. The monoisotopic (exact) mass is 170 g/mol. The molecule has 0 nitrogen and oxygen atoms in total. The van der Waals surface area contributed by atoms with E-state index >= 15 is 0 Å². The molecule has 1 aromatic rings. The minimum absolute atomic E-state index is 0.111. The van der Waals surface area contributed by atoms with E-state index in [1.165, 1.54) is 6.07 Å². The first-order valence-corrected chi connectivity index (χ1v) is 4.69. The van der Waals surface area contributed by atoms with Gasteiger partial charge in [-0.05, 0) is 37.3 Å². The van der Waals surface area contributed by atoms with Gasteiger partial charge in [-0.2, -0.15) is 0 Å². The summed E-state index contributed by atoms with van der Waals surface area (Å²) in [6.45, 7) is 3.81. The highest BCUT2D eigenvalue weighted by molar-refractivity contribution is 7.98. The number of hydrogen-bond donors (Lipinski definition) is 0. The SMILES string of the molecule is CSc1c(C)ccc(F)c1C. The summed E-state index contributed by atoms with van der Waals surface area (Å²) in [4.78, 5) is 1.06.